The molecule has 0 saturated carbocycles. The molecular formula is C17H17F3N2O4S. The largest absolute Gasteiger partial charge is 0.480 e. The number of allylic oxidation sites excluding steroid dienone is 1. The van der Waals surface area contributed by atoms with Crippen LogP contribution in [0.4, 0.5) is 13.2 Å². The highest BCUT2D eigenvalue weighted by atomic mass is 32.2. The third kappa shape index (κ3) is 6.31. The zero-order valence-corrected chi connectivity index (χ0v) is 14.8. The summed E-state index contributed by atoms with van der Waals surface area (Å²) in [6.45, 7) is -0.620. The summed E-state index contributed by atoms with van der Waals surface area (Å²) in [5.74, 6) is -2.79. The van der Waals surface area contributed by atoms with E-state index in [0.717, 1.165) is 12.1 Å². The molecule has 1 heterocycles. The van der Waals surface area contributed by atoms with Crippen molar-refractivity contribution >= 4 is 29.5 Å². The van der Waals surface area contributed by atoms with E-state index in [4.69, 9.17) is 5.11 Å². The second kappa shape index (κ2) is 8.94. The van der Waals surface area contributed by atoms with E-state index in [1.54, 1.807) is 0 Å². The number of benzene rings is 1. The Hall–Kier alpha value is -2.49. The van der Waals surface area contributed by atoms with Crippen molar-refractivity contribution in [3.05, 3.63) is 46.9 Å². The Kier molecular flexibility index (Phi) is 6.89. The molecule has 3 N–H and O–H groups in total. The van der Waals surface area contributed by atoms with E-state index in [2.05, 4.69) is 10.6 Å². The molecule has 10 heteroatoms. The summed E-state index contributed by atoms with van der Waals surface area (Å²) >= 11 is 1.46. The van der Waals surface area contributed by atoms with Gasteiger partial charge in [0.15, 0.2) is 0 Å². The van der Waals surface area contributed by atoms with Gasteiger partial charge >= 0.3 is 12.1 Å². The zero-order chi connectivity index (χ0) is 20.0. The number of carbonyl (C=O) groups is 3. The Morgan fingerprint density at radius 1 is 1.30 bits per heavy atom. The highest BCUT2D eigenvalue weighted by molar-refractivity contribution is 8.03. The van der Waals surface area contributed by atoms with Crippen LogP contribution in [-0.4, -0.2) is 40.7 Å². The van der Waals surface area contributed by atoms with E-state index in [1.165, 1.54) is 17.8 Å². The highest BCUT2D eigenvalue weighted by Crippen LogP contribution is 2.30. The van der Waals surface area contributed by atoms with Crippen LogP contribution in [0.5, 0.6) is 0 Å². The maximum atomic E-state index is 12.8. The lowest BCUT2D eigenvalue weighted by Crippen LogP contribution is -2.49. The van der Waals surface area contributed by atoms with E-state index < -0.39 is 42.1 Å². The van der Waals surface area contributed by atoms with Crippen molar-refractivity contribution in [3.63, 3.8) is 0 Å². The minimum absolute atomic E-state index is 0.00684. The summed E-state index contributed by atoms with van der Waals surface area (Å²) in [4.78, 5) is 35.2. The first-order valence-electron chi connectivity index (χ1n) is 7.95. The molecule has 1 aliphatic heterocycles. The van der Waals surface area contributed by atoms with Gasteiger partial charge in [0.1, 0.15) is 12.6 Å². The molecule has 1 unspecified atom stereocenters. The van der Waals surface area contributed by atoms with Gasteiger partial charge in [0, 0.05) is 10.8 Å². The topological polar surface area (TPSA) is 95.5 Å². The number of nitrogens with one attached hydrogen (secondary N) is 2. The number of carboxylic acid groups (broad SMARTS) is 1. The number of hydrogen-bond donors (Lipinski definition) is 3. The maximum absolute atomic E-state index is 12.8. The van der Waals surface area contributed by atoms with Gasteiger partial charge in [-0.2, -0.15) is 13.2 Å². The standard InChI is InChI=1S/C17H17F3N2O4S/c18-17(19,20)11-4-1-3-10(7-11)15(25)22-13(8-12-5-2-6-27-12)16(26)21-9-14(23)24/h1-4,6-7,12-13H,5,8-9H2,(H,21,26)(H,22,25)(H,23,24)/t12?,13-/m0/s1. The molecule has 2 rings (SSSR count). The van der Waals surface area contributed by atoms with Crippen molar-refractivity contribution in [1.82, 2.24) is 10.6 Å². The minimum atomic E-state index is -4.60. The fraction of sp³-hybridized carbons (Fsp3) is 0.353. The molecule has 146 valence electrons. The average Bonchev–Trinajstić information content (AvgIpc) is 3.11. The molecule has 0 aromatic heterocycles. The Morgan fingerprint density at radius 3 is 2.63 bits per heavy atom. The lowest BCUT2D eigenvalue weighted by Gasteiger charge is -2.21. The van der Waals surface area contributed by atoms with Crippen molar-refractivity contribution < 1.29 is 32.7 Å². The van der Waals surface area contributed by atoms with Crippen LogP contribution in [0.25, 0.3) is 0 Å². The van der Waals surface area contributed by atoms with Crippen molar-refractivity contribution in [2.24, 2.45) is 0 Å². The van der Waals surface area contributed by atoms with Gasteiger partial charge in [-0.3, -0.25) is 14.4 Å². The van der Waals surface area contributed by atoms with Crippen LogP contribution in [0, 0.1) is 0 Å². The van der Waals surface area contributed by atoms with Gasteiger partial charge in [-0.1, -0.05) is 12.1 Å². The number of thioether (sulfide) groups is 1. The second-order valence-electron chi connectivity index (χ2n) is 5.82. The number of alkyl halides is 3. The molecule has 2 amide bonds. The minimum Gasteiger partial charge on any atom is -0.480 e. The van der Waals surface area contributed by atoms with Gasteiger partial charge in [0.2, 0.25) is 5.91 Å². The van der Waals surface area contributed by atoms with Crippen molar-refractivity contribution in [2.75, 3.05) is 6.54 Å². The maximum Gasteiger partial charge on any atom is 0.416 e. The van der Waals surface area contributed by atoms with E-state index >= 15 is 0 Å². The summed E-state index contributed by atoms with van der Waals surface area (Å²) < 4.78 is 38.4. The van der Waals surface area contributed by atoms with Gasteiger partial charge in [0.25, 0.3) is 5.91 Å². The summed E-state index contributed by atoms with van der Waals surface area (Å²) in [6.07, 6.45) is -1.81. The van der Waals surface area contributed by atoms with Crippen LogP contribution >= 0.6 is 11.8 Å². The van der Waals surface area contributed by atoms with Crippen molar-refractivity contribution in [2.45, 2.75) is 30.3 Å². The van der Waals surface area contributed by atoms with Gasteiger partial charge in [-0.15, -0.1) is 11.8 Å². The SMILES string of the molecule is O=C(O)CNC(=O)[C@H](CC1CC=CS1)NC(=O)c1cccc(C(F)(F)F)c1. The van der Waals surface area contributed by atoms with Crippen LogP contribution in [0.3, 0.4) is 0 Å². The Balaban J connectivity index is 2.11. The lowest BCUT2D eigenvalue weighted by atomic mass is 10.1. The Morgan fingerprint density at radius 2 is 2.04 bits per heavy atom. The van der Waals surface area contributed by atoms with Crippen molar-refractivity contribution in [3.8, 4) is 0 Å². The number of halogens is 3. The second-order valence-corrected chi connectivity index (χ2v) is 7.03. The molecule has 2 atom stereocenters. The highest BCUT2D eigenvalue weighted by Gasteiger charge is 2.31. The first-order valence-corrected chi connectivity index (χ1v) is 8.89. The molecule has 0 spiro atoms. The van der Waals surface area contributed by atoms with Gasteiger partial charge in [-0.05, 0) is 36.4 Å². The normalized spacial score (nSPS) is 17.4. The Labute approximate surface area is 157 Å². The monoisotopic (exact) mass is 402 g/mol. The predicted octanol–water partition coefficient (Wildman–Crippen LogP) is 2.41. The number of rotatable bonds is 7. The zero-order valence-electron chi connectivity index (χ0n) is 14.0. The van der Waals surface area contributed by atoms with Crippen LogP contribution in [0.15, 0.2) is 35.7 Å². The smallest absolute Gasteiger partial charge is 0.416 e. The fourth-order valence-corrected chi connectivity index (χ4v) is 3.41. The third-order valence-corrected chi connectivity index (χ3v) is 4.87. The van der Waals surface area contributed by atoms with Crippen LogP contribution in [-0.2, 0) is 15.8 Å². The fourth-order valence-electron chi connectivity index (χ4n) is 2.44. The predicted molar refractivity (Wildman–Crippen MR) is 93.1 cm³/mol. The molecule has 0 saturated heterocycles. The number of carbonyl (C=O) groups excluding carboxylic acids is 2. The number of aliphatic carboxylic acids is 1. The van der Waals surface area contributed by atoms with Crippen molar-refractivity contribution in [1.29, 1.82) is 0 Å². The van der Waals surface area contributed by atoms with E-state index in [0.29, 0.717) is 12.5 Å². The molecule has 0 bridgehead atoms. The number of hydrogen-bond acceptors (Lipinski definition) is 4. The van der Waals surface area contributed by atoms with Crippen LogP contribution in [0.1, 0.15) is 28.8 Å². The third-order valence-electron chi connectivity index (χ3n) is 3.75. The van der Waals surface area contributed by atoms with Gasteiger partial charge in [-0.25, -0.2) is 0 Å². The van der Waals surface area contributed by atoms with Gasteiger partial charge < -0.3 is 15.7 Å². The molecular weight excluding hydrogens is 385 g/mol. The molecule has 0 radical (unpaired) electrons. The molecule has 0 fully saturated rings. The summed E-state index contributed by atoms with van der Waals surface area (Å²) in [6, 6.07) is 2.79. The quantitative estimate of drug-likeness (QED) is 0.651. The first kappa shape index (κ1) is 20.8. The molecule has 0 aliphatic carbocycles. The van der Waals surface area contributed by atoms with Crippen LogP contribution in [0.2, 0.25) is 0 Å². The van der Waals surface area contributed by atoms with E-state index in [-0.39, 0.29) is 17.2 Å². The number of carboxylic acids is 1. The molecule has 27 heavy (non-hydrogen) atoms. The lowest BCUT2D eigenvalue weighted by molar-refractivity contribution is -0.138. The molecule has 1 aromatic rings. The average molecular weight is 402 g/mol. The molecule has 6 nitrogen and oxygen atoms in total. The molecule has 1 aromatic carbocycles. The molecule has 1 aliphatic rings. The van der Waals surface area contributed by atoms with E-state index in [9.17, 15) is 27.6 Å². The number of amides is 2. The van der Waals surface area contributed by atoms with Gasteiger partial charge in [0.05, 0.1) is 5.56 Å². The first-order chi connectivity index (χ1) is 12.7. The Bertz CT molecular complexity index is 744. The summed E-state index contributed by atoms with van der Waals surface area (Å²) in [7, 11) is 0. The summed E-state index contributed by atoms with van der Waals surface area (Å²) in [5.41, 5.74) is -1.21. The summed E-state index contributed by atoms with van der Waals surface area (Å²) in [5, 5.41) is 15.1. The van der Waals surface area contributed by atoms with Crippen LogP contribution < -0.4 is 10.6 Å². The van der Waals surface area contributed by atoms with E-state index in [1.807, 2.05) is 11.5 Å².